The molecule has 7 heteroatoms. The second-order valence-electron chi connectivity index (χ2n) is 5.27. The van der Waals surface area contributed by atoms with Crippen molar-refractivity contribution in [3.8, 4) is 5.75 Å². The molecule has 2 rings (SSSR count). The molecular formula is C17H20N2O4S. The van der Waals surface area contributed by atoms with Gasteiger partial charge < -0.3 is 10.1 Å². The van der Waals surface area contributed by atoms with Crippen LogP contribution in [-0.4, -0.2) is 20.9 Å². The quantitative estimate of drug-likeness (QED) is 0.836. The molecule has 0 fully saturated rings. The molecule has 128 valence electrons. The standard InChI is InChI=1S/C17H20N2O4S/c1-3-23-15-9-7-13(8-10-15)17(20)19-12(2)14-5-4-6-16(11-14)24(18,21)22/h4-12H,3H2,1-2H3,(H,19,20)(H2,18,21,22). The van der Waals surface area contributed by atoms with E-state index in [-0.39, 0.29) is 16.8 Å². The Labute approximate surface area is 141 Å². The zero-order chi connectivity index (χ0) is 17.7. The molecule has 0 bridgehead atoms. The van der Waals surface area contributed by atoms with E-state index < -0.39 is 10.0 Å². The summed E-state index contributed by atoms with van der Waals surface area (Å²) in [6, 6.07) is 12.6. The first-order chi connectivity index (χ1) is 11.3. The molecule has 0 saturated carbocycles. The van der Waals surface area contributed by atoms with Crippen molar-refractivity contribution < 1.29 is 17.9 Å². The molecule has 0 saturated heterocycles. The molecule has 24 heavy (non-hydrogen) atoms. The Kier molecular flexibility index (Phi) is 5.58. The number of carbonyl (C=O) groups is 1. The number of ether oxygens (including phenoxy) is 1. The van der Waals surface area contributed by atoms with Crippen LogP contribution >= 0.6 is 0 Å². The van der Waals surface area contributed by atoms with Gasteiger partial charge in [0.25, 0.3) is 5.91 Å². The van der Waals surface area contributed by atoms with E-state index in [2.05, 4.69) is 5.32 Å². The van der Waals surface area contributed by atoms with Gasteiger partial charge in [0.15, 0.2) is 0 Å². The van der Waals surface area contributed by atoms with Gasteiger partial charge >= 0.3 is 0 Å². The van der Waals surface area contributed by atoms with Crippen LogP contribution in [0.3, 0.4) is 0 Å². The fourth-order valence-electron chi connectivity index (χ4n) is 2.19. The van der Waals surface area contributed by atoms with Gasteiger partial charge in [0.1, 0.15) is 5.75 Å². The van der Waals surface area contributed by atoms with Gasteiger partial charge in [-0.2, -0.15) is 0 Å². The van der Waals surface area contributed by atoms with Gasteiger partial charge in [-0.3, -0.25) is 4.79 Å². The SMILES string of the molecule is CCOc1ccc(C(=O)NC(C)c2cccc(S(N)(=O)=O)c2)cc1. The Balaban J connectivity index is 2.11. The van der Waals surface area contributed by atoms with Crippen LogP contribution in [0.15, 0.2) is 53.4 Å². The summed E-state index contributed by atoms with van der Waals surface area (Å²) in [6.45, 7) is 4.22. The van der Waals surface area contributed by atoms with E-state index in [1.165, 1.54) is 12.1 Å². The molecule has 3 N–H and O–H groups in total. The van der Waals surface area contributed by atoms with Crippen LogP contribution in [0.2, 0.25) is 0 Å². The first-order valence-corrected chi connectivity index (χ1v) is 9.02. The Bertz CT molecular complexity index is 817. The number of hydrogen-bond acceptors (Lipinski definition) is 4. The molecule has 1 unspecified atom stereocenters. The van der Waals surface area contributed by atoms with Gasteiger partial charge in [-0.05, 0) is 55.8 Å². The van der Waals surface area contributed by atoms with Crippen LogP contribution in [0.1, 0.15) is 35.8 Å². The lowest BCUT2D eigenvalue weighted by molar-refractivity contribution is 0.0940. The van der Waals surface area contributed by atoms with E-state index in [0.29, 0.717) is 23.5 Å². The van der Waals surface area contributed by atoms with Gasteiger partial charge in [-0.25, -0.2) is 13.6 Å². The van der Waals surface area contributed by atoms with Crippen molar-refractivity contribution >= 4 is 15.9 Å². The van der Waals surface area contributed by atoms with Crippen LogP contribution in [0.25, 0.3) is 0 Å². The van der Waals surface area contributed by atoms with Crippen LogP contribution in [-0.2, 0) is 10.0 Å². The Morgan fingerprint density at radius 3 is 2.46 bits per heavy atom. The smallest absolute Gasteiger partial charge is 0.251 e. The number of primary sulfonamides is 1. The third kappa shape index (κ3) is 4.56. The number of nitrogens with one attached hydrogen (secondary N) is 1. The van der Waals surface area contributed by atoms with E-state index in [1.807, 2.05) is 6.92 Å². The number of carbonyl (C=O) groups excluding carboxylic acids is 1. The Hall–Kier alpha value is -2.38. The van der Waals surface area contributed by atoms with Crippen molar-refractivity contribution in [1.82, 2.24) is 5.32 Å². The molecule has 0 aliphatic carbocycles. The average Bonchev–Trinajstić information content (AvgIpc) is 2.55. The third-order valence-electron chi connectivity index (χ3n) is 3.46. The van der Waals surface area contributed by atoms with E-state index in [4.69, 9.17) is 9.88 Å². The van der Waals surface area contributed by atoms with Gasteiger partial charge in [0, 0.05) is 5.56 Å². The van der Waals surface area contributed by atoms with Gasteiger partial charge in [0.05, 0.1) is 17.5 Å². The van der Waals surface area contributed by atoms with Crippen LogP contribution in [0.4, 0.5) is 0 Å². The highest BCUT2D eigenvalue weighted by atomic mass is 32.2. The highest BCUT2D eigenvalue weighted by molar-refractivity contribution is 7.89. The lowest BCUT2D eigenvalue weighted by Gasteiger charge is -2.15. The van der Waals surface area contributed by atoms with Crippen LogP contribution in [0.5, 0.6) is 5.75 Å². The maximum atomic E-state index is 12.3. The van der Waals surface area contributed by atoms with Crippen molar-refractivity contribution in [3.05, 3.63) is 59.7 Å². The van der Waals surface area contributed by atoms with Crippen molar-refractivity contribution in [3.63, 3.8) is 0 Å². The summed E-state index contributed by atoms with van der Waals surface area (Å²) in [4.78, 5) is 12.3. The van der Waals surface area contributed by atoms with Gasteiger partial charge in [0.2, 0.25) is 10.0 Å². The molecule has 2 aromatic rings. The van der Waals surface area contributed by atoms with Gasteiger partial charge in [-0.15, -0.1) is 0 Å². The molecule has 0 aromatic heterocycles. The first-order valence-electron chi connectivity index (χ1n) is 7.47. The van der Waals surface area contributed by atoms with Crippen molar-refractivity contribution in [2.75, 3.05) is 6.61 Å². The topological polar surface area (TPSA) is 98.5 Å². The average molecular weight is 348 g/mol. The third-order valence-corrected chi connectivity index (χ3v) is 4.37. The van der Waals surface area contributed by atoms with Crippen LogP contribution in [0, 0.1) is 0 Å². The Morgan fingerprint density at radius 2 is 1.88 bits per heavy atom. The maximum Gasteiger partial charge on any atom is 0.251 e. The minimum absolute atomic E-state index is 0.0159. The molecule has 6 nitrogen and oxygen atoms in total. The van der Waals surface area contributed by atoms with E-state index in [0.717, 1.165) is 0 Å². The fraction of sp³-hybridized carbons (Fsp3) is 0.235. The highest BCUT2D eigenvalue weighted by Crippen LogP contribution is 2.18. The molecule has 2 aromatic carbocycles. The summed E-state index contributed by atoms with van der Waals surface area (Å²) < 4.78 is 28.2. The highest BCUT2D eigenvalue weighted by Gasteiger charge is 2.14. The van der Waals surface area contributed by atoms with Crippen molar-refractivity contribution in [2.45, 2.75) is 24.8 Å². The number of benzene rings is 2. The van der Waals surface area contributed by atoms with Crippen molar-refractivity contribution in [1.29, 1.82) is 0 Å². The molecule has 0 heterocycles. The number of rotatable bonds is 6. The Morgan fingerprint density at radius 1 is 1.21 bits per heavy atom. The summed E-state index contributed by atoms with van der Waals surface area (Å²) in [6.07, 6.45) is 0. The molecule has 0 aliphatic heterocycles. The molecule has 1 atom stereocenters. The molecular weight excluding hydrogens is 328 g/mol. The fourth-order valence-corrected chi connectivity index (χ4v) is 2.76. The minimum Gasteiger partial charge on any atom is -0.494 e. The monoisotopic (exact) mass is 348 g/mol. The normalized spacial score (nSPS) is 12.5. The first kappa shape index (κ1) is 18.0. The zero-order valence-electron chi connectivity index (χ0n) is 13.5. The predicted molar refractivity (Wildman–Crippen MR) is 91.3 cm³/mol. The molecule has 0 spiro atoms. The van der Waals surface area contributed by atoms with Gasteiger partial charge in [-0.1, -0.05) is 12.1 Å². The second kappa shape index (κ2) is 7.46. The zero-order valence-corrected chi connectivity index (χ0v) is 14.3. The summed E-state index contributed by atoms with van der Waals surface area (Å²) >= 11 is 0. The number of nitrogens with two attached hydrogens (primary N) is 1. The summed E-state index contributed by atoms with van der Waals surface area (Å²) in [7, 11) is -3.78. The largest absolute Gasteiger partial charge is 0.494 e. The van der Waals surface area contributed by atoms with E-state index in [9.17, 15) is 13.2 Å². The van der Waals surface area contributed by atoms with Crippen molar-refractivity contribution in [2.24, 2.45) is 5.14 Å². The summed E-state index contributed by atoms with van der Waals surface area (Å²) in [5.74, 6) is 0.439. The summed E-state index contributed by atoms with van der Waals surface area (Å²) in [5.41, 5.74) is 1.15. The molecule has 0 radical (unpaired) electrons. The molecule has 1 amide bonds. The molecule has 0 aliphatic rings. The van der Waals surface area contributed by atoms with Crippen LogP contribution < -0.4 is 15.2 Å². The second-order valence-corrected chi connectivity index (χ2v) is 6.83. The number of sulfonamides is 1. The maximum absolute atomic E-state index is 12.3. The van der Waals surface area contributed by atoms with E-state index in [1.54, 1.807) is 43.3 Å². The minimum atomic E-state index is -3.78. The van der Waals surface area contributed by atoms with E-state index >= 15 is 0 Å². The predicted octanol–water partition coefficient (Wildman–Crippen LogP) is 2.22. The number of amides is 1. The lowest BCUT2D eigenvalue weighted by Crippen LogP contribution is -2.26. The lowest BCUT2D eigenvalue weighted by atomic mass is 10.1. The number of hydrogen-bond donors (Lipinski definition) is 2. The summed E-state index contributed by atoms with van der Waals surface area (Å²) in [5, 5.41) is 7.96.